The van der Waals surface area contributed by atoms with Crippen molar-refractivity contribution in [3.05, 3.63) is 35.9 Å². The van der Waals surface area contributed by atoms with E-state index in [9.17, 15) is 9.90 Å². The fraction of sp³-hybridized carbons (Fsp3) is 0.533. The van der Waals surface area contributed by atoms with E-state index in [0.29, 0.717) is 0 Å². The first-order valence-corrected chi connectivity index (χ1v) is 6.53. The van der Waals surface area contributed by atoms with E-state index in [1.54, 1.807) is 0 Å². The standard InChI is InChI=1S/C15H22O2/c16-15(17)13-9-4-2-1-3-6-10-14-11-7-5-8-12-14/h5,7-8,11-12H,1-4,6,9-10,13H2,(H,16,17)/p-1. The third-order valence-corrected chi connectivity index (χ3v) is 2.94. The molecule has 0 aliphatic heterocycles. The maximum atomic E-state index is 10.2. The van der Waals surface area contributed by atoms with Gasteiger partial charge in [-0.25, -0.2) is 0 Å². The number of hydrogen-bond donors (Lipinski definition) is 0. The molecule has 1 rings (SSSR count). The molecule has 2 nitrogen and oxygen atoms in total. The van der Waals surface area contributed by atoms with Crippen molar-refractivity contribution in [1.82, 2.24) is 0 Å². The third kappa shape index (κ3) is 7.56. The van der Waals surface area contributed by atoms with Crippen LogP contribution in [0.5, 0.6) is 0 Å². The van der Waals surface area contributed by atoms with E-state index >= 15 is 0 Å². The molecule has 0 saturated heterocycles. The van der Waals surface area contributed by atoms with Gasteiger partial charge in [0.25, 0.3) is 0 Å². The van der Waals surface area contributed by atoms with Crippen LogP contribution >= 0.6 is 0 Å². The molecule has 0 unspecified atom stereocenters. The van der Waals surface area contributed by atoms with Crippen LogP contribution in [0, 0.1) is 0 Å². The SMILES string of the molecule is O=C([O-])CCCCCCCCc1ccccc1. The van der Waals surface area contributed by atoms with Crippen molar-refractivity contribution in [1.29, 1.82) is 0 Å². The lowest BCUT2D eigenvalue weighted by atomic mass is 10.0. The zero-order chi connectivity index (χ0) is 12.3. The zero-order valence-corrected chi connectivity index (χ0v) is 10.4. The molecule has 17 heavy (non-hydrogen) atoms. The third-order valence-electron chi connectivity index (χ3n) is 2.94. The van der Waals surface area contributed by atoms with Crippen molar-refractivity contribution in [3.8, 4) is 0 Å². The predicted octanol–water partition coefficient (Wildman–Crippen LogP) is 2.71. The topological polar surface area (TPSA) is 40.1 Å². The number of rotatable bonds is 9. The van der Waals surface area contributed by atoms with Gasteiger partial charge in [0.2, 0.25) is 0 Å². The number of unbranched alkanes of at least 4 members (excludes halogenated alkanes) is 5. The molecule has 0 spiro atoms. The summed E-state index contributed by atoms with van der Waals surface area (Å²) in [5, 5.41) is 10.2. The van der Waals surface area contributed by atoms with Crippen LogP contribution in [0.15, 0.2) is 30.3 Å². The second-order valence-corrected chi connectivity index (χ2v) is 4.48. The normalized spacial score (nSPS) is 10.4. The summed E-state index contributed by atoms with van der Waals surface area (Å²) in [4.78, 5) is 10.2. The van der Waals surface area contributed by atoms with Crippen molar-refractivity contribution in [3.63, 3.8) is 0 Å². The van der Waals surface area contributed by atoms with Crippen LogP contribution in [0.1, 0.15) is 50.5 Å². The zero-order valence-electron chi connectivity index (χ0n) is 10.4. The number of benzene rings is 1. The highest BCUT2D eigenvalue weighted by atomic mass is 16.4. The van der Waals surface area contributed by atoms with Gasteiger partial charge in [-0.3, -0.25) is 0 Å². The number of aliphatic carboxylic acids is 1. The predicted molar refractivity (Wildman–Crippen MR) is 67.5 cm³/mol. The Morgan fingerprint density at radius 1 is 0.882 bits per heavy atom. The first kappa shape index (κ1) is 13.8. The van der Waals surface area contributed by atoms with Crippen LogP contribution in [0.4, 0.5) is 0 Å². The van der Waals surface area contributed by atoms with Gasteiger partial charge < -0.3 is 9.90 Å². The summed E-state index contributed by atoms with van der Waals surface area (Å²) in [7, 11) is 0. The fourth-order valence-electron chi connectivity index (χ4n) is 1.95. The fourth-order valence-corrected chi connectivity index (χ4v) is 1.95. The van der Waals surface area contributed by atoms with Crippen LogP contribution in [0.25, 0.3) is 0 Å². The Morgan fingerprint density at radius 3 is 2.12 bits per heavy atom. The van der Waals surface area contributed by atoms with Gasteiger partial charge in [0.05, 0.1) is 0 Å². The van der Waals surface area contributed by atoms with Crippen LogP contribution < -0.4 is 5.11 Å². The Labute approximate surface area is 104 Å². The lowest BCUT2D eigenvalue weighted by Crippen LogP contribution is -2.21. The molecule has 0 aromatic heterocycles. The number of carboxylic acids is 1. The second-order valence-electron chi connectivity index (χ2n) is 4.48. The molecule has 0 aliphatic carbocycles. The molecule has 0 fully saturated rings. The van der Waals surface area contributed by atoms with Crippen LogP contribution in [0.2, 0.25) is 0 Å². The second kappa shape index (κ2) is 8.80. The van der Waals surface area contributed by atoms with Crippen molar-refractivity contribution < 1.29 is 9.90 Å². The quantitative estimate of drug-likeness (QED) is 0.615. The van der Waals surface area contributed by atoms with Crippen LogP contribution in [0.3, 0.4) is 0 Å². The van der Waals surface area contributed by atoms with E-state index in [1.807, 2.05) is 6.07 Å². The number of carboxylic acid groups (broad SMARTS) is 1. The van der Waals surface area contributed by atoms with Crippen molar-refractivity contribution in [2.45, 2.75) is 51.4 Å². The molecule has 0 N–H and O–H groups in total. The Balaban J connectivity index is 1.90. The Hall–Kier alpha value is -1.31. The highest BCUT2D eigenvalue weighted by Crippen LogP contribution is 2.10. The molecule has 0 aliphatic rings. The molecular weight excluding hydrogens is 212 g/mol. The Bertz CT molecular complexity index is 306. The first-order chi connectivity index (χ1) is 8.29. The van der Waals surface area contributed by atoms with Crippen molar-refractivity contribution >= 4 is 5.97 Å². The first-order valence-electron chi connectivity index (χ1n) is 6.53. The monoisotopic (exact) mass is 233 g/mol. The summed E-state index contributed by atoms with van der Waals surface area (Å²) in [5.74, 6) is -0.922. The van der Waals surface area contributed by atoms with Gasteiger partial charge in [0.1, 0.15) is 0 Å². The van der Waals surface area contributed by atoms with E-state index in [2.05, 4.69) is 24.3 Å². The molecule has 1 aromatic carbocycles. The van der Waals surface area contributed by atoms with Crippen molar-refractivity contribution in [2.24, 2.45) is 0 Å². The Kier molecular flexibility index (Phi) is 7.12. The molecule has 0 atom stereocenters. The smallest absolute Gasteiger partial charge is 0.0414 e. The molecule has 0 saturated carbocycles. The minimum Gasteiger partial charge on any atom is -0.550 e. The largest absolute Gasteiger partial charge is 0.550 e. The average Bonchev–Trinajstić information content (AvgIpc) is 2.33. The van der Waals surface area contributed by atoms with Crippen LogP contribution in [-0.4, -0.2) is 5.97 Å². The lowest BCUT2D eigenvalue weighted by molar-refractivity contribution is -0.305. The summed E-state index contributed by atoms with van der Waals surface area (Å²) in [6.07, 6.45) is 7.96. The number of carbonyl (C=O) groups excluding carboxylic acids is 1. The van der Waals surface area contributed by atoms with Crippen molar-refractivity contribution in [2.75, 3.05) is 0 Å². The highest BCUT2D eigenvalue weighted by molar-refractivity contribution is 5.63. The van der Waals surface area contributed by atoms with Gasteiger partial charge in [-0.2, -0.15) is 0 Å². The van der Waals surface area contributed by atoms with E-state index in [1.165, 1.54) is 24.8 Å². The van der Waals surface area contributed by atoms with Crippen LogP contribution in [-0.2, 0) is 11.2 Å². The number of carbonyl (C=O) groups is 1. The minimum absolute atomic E-state index is 0.212. The van der Waals surface area contributed by atoms with E-state index in [4.69, 9.17) is 0 Å². The van der Waals surface area contributed by atoms with Gasteiger partial charge >= 0.3 is 0 Å². The maximum Gasteiger partial charge on any atom is 0.0414 e. The van der Waals surface area contributed by atoms with Gasteiger partial charge in [0, 0.05) is 5.97 Å². The van der Waals surface area contributed by atoms with E-state index < -0.39 is 5.97 Å². The summed E-state index contributed by atoms with van der Waals surface area (Å²) in [6, 6.07) is 10.5. The summed E-state index contributed by atoms with van der Waals surface area (Å²) >= 11 is 0. The lowest BCUT2D eigenvalue weighted by Gasteiger charge is -2.03. The minimum atomic E-state index is -0.922. The number of aryl methyl sites for hydroxylation is 1. The maximum absolute atomic E-state index is 10.2. The molecule has 0 radical (unpaired) electrons. The Morgan fingerprint density at radius 2 is 1.47 bits per heavy atom. The molecule has 94 valence electrons. The van der Waals surface area contributed by atoms with Gasteiger partial charge in [-0.1, -0.05) is 56.0 Å². The molecule has 0 bridgehead atoms. The summed E-state index contributed by atoms with van der Waals surface area (Å²) in [5.41, 5.74) is 1.41. The molecule has 2 heteroatoms. The van der Waals surface area contributed by atoms with Gasteiger partial charge in [-0.05, 0) is 31.2 Å². The highest BCUT2D eigenvalue weighted by Gasteiger charge is 1.94. The molecule has 1 aromatic rings. The molecule has 0 amide bonds. The average molecular weight is 233 g/mol. The van der Waals surface area contributed by atoms with Gasteiger partial charge in [0.15, 0.2) is 0 Å². The van der Waals surface area contributed by atoms with E-state index in [0.717, 1.165) is 25.7 Å². The molecular formula is C15H21O2-. The molecule has 0 heterocycles. The van der Waals surface area contributed by atoms with Gasteiger partial charge in [-0.15, -0.1) is 0 Å². The van der Waals surface area contributed by atoms with E-state index in [-0.39, 0.29) is 6.42 Å². The summed E-state index contributed by atoms with van der Waals surface area (Å²) < 4.78 is 0. The summed E-state index contributed by atoms with van der Waals surface area (Å²) in [6.45, 7) is 0. The number of hydrogen-bond acceptors (Lipinski definition) is 2.